The largest absolute Gasteiger partial charge is 0.0654 e. The van der Waals surface area contributed by atoms with Crippen molar-refractivity contribution < 1.29 is 65.8 Å². The van der Waals surface area contributed by atoms with Gasteiger partial charge in [0, 0.05) is 65.8 Å². The van der Waals surface area contributed by atoms with Crippen LogP contribution < -0.4 is 0 Å². The van der Waals surface area contributed by atoms with E-state index in [-0.39, 0.29) is 0 Å². The van der Waals surface area contributed by atoms with Crippen LogP contribution in [0.5, 0.6) is 0 Å². The summed E-state index contributed by atoms with van der Waals surface area (Å²) in [5.74, 6) is 0. The van der Waals surface area contributed by atoms with Gasteiger partial charge in [-0.2, -0.15) is 0 Å². The van der Waals surface area contributed by atoms with Crippen molar-refractivity contribution in [2.24, 2.45) is 0 Å². The van der Waals surface area contributed by atoms with Crippen LogP contribution in [0.1, 0.15) is 213 Å². The van der Waals surface area contributed by atoms with Gasteiger partial charge in [0.15, 0.2) is 0 Å². The van der Waals surface area contributed by atoms with Gasteiger partial charge in [-0.3, -0.25) is 0 Å². The molecule has 0 bridgehead atoms. The van der Waals surface area contributed by atoms with Crippen molar-refractivity contribution in [3.8, 4) is 0 Å². The zero-order valence-corrected chi connectivity index (χ0v) is 11.5. The zero-order chi connectivity index (χ0) is 59.5. The minimum absolute atomic E-state index is 4.22. The first-order valence-electron chi connectivity index (χ1n) is 29.5. The van der Waals surface area contributed by atoms with Crippen molar-refractivity contribution in [3.05, 3.63) is 0 Å². The SMILES string of the molecule is [2H]C([2H])([2H])C([2H])([2H])C([2H])([2H])C([2H])([2H])C([2H])([2H])C([2H])([2H])C([2H])([2H])C([2H])([2H])C([2H])([2H])C([2H])([2H])C([2H])([2H])C([2H])([2H])C([2H])([2H])C([2H])([2H])C([2H])([2H])C([2H])([2H])C([2H])([2H])C([2H])([2H])C([2H])([2H])C([2H])([2H])C([2H])([2H])C([2H])([2H])C([2H])([2H])[2H]. The van der Waals surface area contributed by atoms with E-state index in [0.717, 1.165) is 0 Å². The lowest BCUT2D eigenvalue weighted by atomic mass is 10.0. The Morgan fingerprint density at radius 1 is 0.348 bits per heavy atom. The Kier molecular flexibility index (Phi) is 2.17. The Labute approximate surface area is 216 Å². The summed E-state index contributed by atoms with van der Waals surface area (Å²) in [4.78, 5) is 0. The predicted octanol–water partition coefficient (Wildman–Crippen LogP) is 9.22. The van der Waals surface area contributed by atoms with Gasteiger partial charge in [0.25, 0.3) is 0 Å². The molecule has 0 aromatic carbocycles. The standard InChI is InChI=1S/C23H48/c1-3-5-7-9-11-13-15-17-19-21-23-22-20-18-16-14-12-10-8-6-4-2/h3-23H2,1-2H3/i1D3,2D3,3D2,4D2,5D2,6D2,7D2,8D2,9D2,10D2,11D2,12D2,13D2,14D2,15D2,16D2,17D2,18D2,19D2,20D2,21D2,22D2,23D2. The lowest BCUT2D eigenvalue weighted by molar-refractivity contribution is 0.521. The molecule has 0 saturated heterocycles. The van der Waals surface area contributed by atoms with Gasteiger partial charge in [0.05, 0.1) is 0 Å². The van der Waals surface area contributed by atoms with Crippen LogP contribution in [0, 0.1) is 0 Å². The van der Waals surface area contributed by atoms with E-state index < -0.39 is 148 Å². The molecule has 0 heteroatoms. The maximum absolute atomic E-state index is 8.34. The normalized spacial score (nSPS) is 56.3. The van der Waals surface area contributed by atoms with E-state index in [4.69, 9.17) is 65.8 Å². The molecule has 0 aromatic heterocycles. The quantitative estimate of drug-likeness (QED) is 0.200. The molecule has 0 nitrogen and oxygen atoms in total. The molecule has 0 N–H and O–H groups in total. The molecule has 0 rings (SSSR count). The second kappa shape index (κ2) is 22.0. The van der Waals surface area contributed by atoms with Crippen LogP contribution in [0.4, 0.5) is 0 Å². The maximum Gasteiger partial charge on any atom is 0.0267 e. The van der Waals surface area contributed by atoms with Crippen LogP contribution in [0.25, 0.3) is 0 Å². The molecule has 0 aliphatic heterocycles. The van der Waals surface area contributed by atoms with Crippen molar-refractivity contribution in [3.63, 3.8) is 0 Å². The fourth-order valence-corrected chi connectivity index (χ4v) is 0.594. The van der Waals surface area contributed by atoms with Crippen LogP contribution in [0.2, 0.25) is 0 Å². The summed E-state index contributed by atoms with van der Waals surface area (Å²) < 4.78 is 386. The molecule has 0 unspecified atom stereocenters. The van der Waals surface area contributed by atoms with Gasteiger partial charge in [-0.25, -0.2) is 0 Å². The van der Waals surface area contributed by atoms with E-state index in [1.807, 2.05) is 0 Å². The molecule has 0 aromatic rings. The molecule has 0 fully saturated rings. The summed E-state index contributed by atoms with van der Waals surface area (Å²) in [6, 6.07) is 0. The molecule has 0 saturated carbocycles. The first-order valence-corrected chi connectivity index (χ1v) is 5.50. The zero-order valence-electron chi connectivity index (χ0n) is 59.5. The highest BCUT2D eigenvalue weighted by molar-refractivity contribution is 4.50. The van der Waals surface area contributed by atoms with Crippen LogP contribution in [0.3, 0.4) is 0 Å². The van der Waals surface area contributed by atoms with E-state index in [1.54, 1.807) is 0 Å². The van der Waals surface area contributed by atoms with Gasteiger partial charge in [-0.15, -0.1) is 0 Å². The fourth-order valence-electron chi connectivity index (χ4n) is 0.594. The summed E-state index contributed by atoms with van der Waals surface area (Å²) in [6.45, 7) is -8.45. The number of hydrogen-bond donors (Lipinski definition) is 0. The molecule has 0 aliphatic carbocycles. The van der Waals surface area contributed by atoms with Crippen molar-refractivity contribution in [1.29, 1.82) is 0 Å². The monoisotopic (exact) mass is 373 g/mol. The Balaban J connectivity index is 8.13. The number of rotatable bonds is 20. The second-order valence-electron chi connectivity index (χ2n) is 2.62. The summed E-state index contributed by atoms with van der Waals surface area (Å²) in [5.41, 5.74) is 0. The van der Waals surface area contributed by atoms with Gasteiger partial charge in [-0.1, -0.05) is 148 Å². The van der Waals surface area contributed by atoms with Crippen molar-refractivity contribution in [1.82, 2.24) is 0 Å². The van der Waals surface area contributed by atoms with Gasteiger partial charge in [-0.05, 0) is 0 Å². The Morgan fingerprint density at radius 2 is 0.522 bits per heavy atom. The lowest BCUT2D eigenvalue weighted by Gasteiger charge is -2.04. The summed E-state index contributed by atoms with van der Waals surface area (Å²) in [6.07, 6.45) is -109. The molecule has 0 amide bonds. The Morgan fingerprint density at radius 3 is 0.696 bits per heavy atom. The van der Waals surface area contributed by atoms with Gasteiger partial charge >= 0.3 is 0 Å². The van der Waals surface area contributed by atoms with Crippen LogP contribution in [-0.4, -0.2) is 0 Å². The number of hydrogen-bond acceptors (Lipinski definition) is 0. The highest BCUT2D eigenvalue weighted by Crippen LogP contribution is 2.14. The highest BCUT2D eigenvalue weighted by Gasteiger charge is 1.95. The van der Waals surface area contributed by atoms with Crippen LogP contribution in [-0.2, 0) is 0 Å². The third-order valence-electron chi connectivity index (χ3n) is 1.25. The average molecular weight is 373 g/mol. The van der Waals surface area contributed by atoms with Crippen molar-refractivity contribution >= 4 is 0 Å². The maximum atomic E-state index is 8.34. The molecule has 0 spiro atoms. The first kappa shape index (κ1) is 2.27. The smallest absolute Gasteiger partial charge is 0.0267 e. The topological polar surface area (TPSA) is 0 Å². The Bertz CT molecular complexity index is 1790. The molecule has 140 valence electrons. The first-order chi connectivity index (χ1) is 29.5. The molecule has 0 aliphatic rings. The fraction of sp³-hybridized carbons (Fsp3) is 1.00. The van der Waals surface area contributed by atoms with E-state index in [2.05, 4.69) is 0 Å². The van der Waals surface area contributed by atoms with Gasteiger partial charge in [0.1, 0.15) is 0 Å². The minimum atomic E-state index is -5.48. The van der Waals surface area contributed by atoms with E-state index in [1.165, 1.54) is 0 Å². The third-order valence-corrected chi connectivity index (χ3v) is 1.25. The van der Waals surface area contributed by atoms with Crippen molar-refractivity contribution in [2.75, 3.05) is 0 Å². The van der Waals surface area contributed by atoms with E-state index in [9.17, 15) is 0 Å². The van der Waals surface area contributed by atoms with E-state index in [0.29, 0.717) is 0 Å². The molecular weight excluding hydrogens is 276 g/mol. The lowest BCUT2D eigenvalue weighted by Crippen LogP contribution is -1.84. The molecule has 0 radical (unpaired) electrons. The van der Waals surface area contributed by atoms with Crippen LogP contribution in [0.15, 0.2) is 0 Å². The molecule has 23 heavy (non-hydrogen) atoms. The minimum Gasteiger partial charge on any atom is -0.0654 e. The van der Waals surface area contributed by atoms with Crippen LogP contribution >= 0.6 is 0 Å². The summed E-state index contributed by atoms with van der Waals surface area (Å²) >= 11 is 0. The van der Waals surface area contributed by atoms with E-state index >= 15 is 0 Å². The second-order valence-corrected chi connectivity index (χ2v) is 2.62. The summed E-state index contributed by atoms with van der Waals surface area (Å²) in [7, 11) is 0. The molecule has 0 atom stereocenters. The third kappa shape index (κ3) is 22.0. The predicted molar refractivity (Wildman–Crippen MR) is 108 cm³/mol. The van der Waals surface area contributed by atoms with Crippen molar-refractivity contribution in [2.45, 2.75) is 148 Å². The highest BCUT2D eigenvalue weighted by atomic mass is 14.0. The Hall–Kier alpha value is 0. The van der Waals surface area contributed by atoms with Gasteiger partial charge in [0.2, 0.25) is 0 Å². The summed E-state index contributed by atoms with van der Waals surface area (Å²) in [5, 5.41) is 0. The van der Waals surface area contributed by atoms with Gasteiger partial charge < -0.3 is 0 Å². The molecular formula is C23H48. The molecule has 0 heterocycles. The average Bonchev–Trinajstić information content (AvgIpc) is 3.11.